The van der Waals surface area contributed by atoms with Crippen molar-refractivity contribution in [3.05, 3.63) is 0 Å². The number of imide groups is 1. The number of amides is 3. The van der Waals surface area contributed by atoms with Crippen molar-refractivity contribution in [1.29, 1.82) is 0 Å². The number of carbonyl (C=O) groups is 2. The summed E-state index contributed by atoms with van der Waals surface area (Å²) in [4.78, 5) is 21.9. The fourth-order valence-corrected chi connectivity index (χ4v) is 1.51. The van der Waals surface area contributed by atoms with Gasteiger partial charge < -0.3 is 10.1 Å². The van der Waals surface area contributed by atoms with Gasteiger partial charge in [-0.3, -0.25) is 10.1 Å². The summed E-state index contributed by atoms with van der Waals surface area (Å²) < 4.78 is 5.47. The Labute approximate surface area is 93.5 Å². The van der Waals surface area contributed by atoms with Crippen LogP contribution < -0.4 is 10.6 Å². The van der Waals surface area contributed by atoms with E-state index in [4.69, 9.17) is 16.3 Å². The fourth-order valence-electron chi connectivity index (χ4n) is 1.45. The molecule has 2 N–H and O–H groups in total. The van der Waals surface area contributed by atoms with E-state index in [0.29, 0.717) is 6.54 Å². The molecule has 0 aromatic rings. The number of ether oxygens (including phenoxy) is 1. The molecule has 0 bridgehead atoms. The number of urea groups is 1. The van der Waals surface area contributed by atoms with Crippen molar-refractivity contribution in [2.45, 2.75) is 25.4 Å². The van der Waals surface area contributed by atoms with Crippen molar-refractivity contribution in [3.8, 4) is 0 Å². The number of carbonyl (C=O) groups excluding carboxylic acids is 2. The lowest BCUT2D eigenvalue weighted by Crippen LogP contribution is -2.46. The second-order valence-electron chi connectivity index (χ2n) is 3.77. The topological polar surface area (TPSA) is 67.4 Å². The second-order valence-corrected chi connectivity index (χ2v) is 4.03. The van der Waals surface area contributed by atoms with E-state index in [2.05, 4.69) is 10.6 Å². The average molecular weight is 235 g/mol. The van der Waals surface area contributed by atoms with Gasteiger partial charge in [0, 0.05) is 13.2 Å². The maximum absolute atomic E-state index is 11.2. The Morgan fingerprint density at radius 1 is 1.53 bits per heavy atom. The molecule has 15 heavy (non-hydrogen) atoms. The van der Waals surface area contributed by atoms with Gasteiger partial charge in [-0.2, -0.15) is 0 Å². The Bertz CT molecular complexity index is 252. The third kappa shape index (κ3) is 4.05. The number of alkyl halides is 1. The van der Waals surface area contributed by atoms with Crippen LogP contribution in [-0.2, 0) is 9.53 Å². The lowest BCUT2D eigenvalue weighted by molar-refractivity contribution is -0.117. The summed E-state index contributed by atoms with van der Waals surface area (Å²) in [7, 11) is 0. The number of halogens is 1. The smallest absolute Gasteiger partial charge is 0.321 e. The zero-order chi connectivity index (χ0) is 11.3. The molecule has 0 aliphatic carbocycles. The standard InChI is InChI=1S/C9H15ClN2O3/c1-9(3-2-4-15-9)6-11-8(14)12-7(13)5-10/h2-6H2,1H3,(H2,11,12,13,14). The first kappa shape index (κ1) is 12.3. The minimum absolute atomic E-state index is 0.221. The van der Waals surface area contributed by atoms with Crippen LogP contribution in [0, 0.1) is 0 Å². The van der Waals surface area contributed by atoms with Crippen LogP contribution in [0.2, 0.25) is 0 Å². The van der Waals surface area contributed by atoms with Gasteiger partial charge in [0.05, 0.1) is 5.60 Å². The lowest BCUT2D eigenvalue weighted by atomic mass is 10.0. The Balaban J connectivity index is 2.24. The van der Waals surface area contributed by atoms with Crippen LogP contribution in [0.15, 0.2) is 0 Å². The molecule has 0 spiro atoms. The van der Waals surface area contributed by atoms with Crippen LogP contribution in [0.3, 0.4) is 0 Å². The molecule has 86 valence electrons. The van der Waals surface area contributed by atoms with Crippen molar-refractivity contribution < 1.29 is 14.3 Å². The molecule has 0 aromatic heterocycles. The number of hydrogen-bond donors (Lipinski definition) is 2. The molecule has 0 aromatic carbocycles. The van der Waals surface area contributed by atoms with E-state index in [9.17, 15) is 9.59 Å². The Morgan fingerprint density at radius 2 is 2.27 bits per heavy atom. The third-order valence-electron chi connectivity index (χ3n) is 2.30. The van der Waals surface area contributed by atoms with Crippen molar-refractivity contribution in [2.75, 3.05) is 19.0 Å². The minimum Gasteiger partial charge on any atom is -0.373 e. The Morgan fingerprint density at radius 3 is 2.80 bits per heavy atom. The van der Waals surface area contributed by atoms with Crippen LogP contribution in [0.1, 0.15) is 19.8 Å². The summed E-state index contributed by atoms with van der Waals surface area (Å²) in [5, 5.41) is 4.67. The van der Waals surface area contributed by atoms with Gasteiger partial charge in [0.2, 0.25) is 5.91 Å². The highest BCUT2D eigenvalue weighted by Crippen LogP contribution is 2.23. The molecule has 3 amide bonds. The van der Waals surface area contributed by atoms with Crippen LogP contribution in [0.4, 0.5) is 4.79 Å². The highest BCUT2D eigenvalue weighted by atomic mass is 35.5. The van der Waals surface area contributed by atoms with Crippen molar-refractivity contribution in [1.82, 2.24) is 10.6 Å². The van der Waals surface area contributed by atoms with Crippen LogP contribution in [0.25, 0.3) is 0 Å². The van der Waals surface area contributed by atoms with Gasteiger partial charge in [-0.25, -0.2) is 4.79 Å². The molecule has 1 atom stereocenters. The highest BCUT2D eigenvalue weighted by molar-refractivity contribution is 6.28. The van der Waals surface area contributed by atoms with Gasteiger partial charge in [0.1, 0.15) is 5.88 Å². The molecular formula is C9H15ClN2O3. The summed E-state index contributed by atoms with van der Waals surface area (Å²) in [5.41, 5.74) is -0.304. The molecule has 1 heterocycles. The predicted octanol–water partition coefficient (Wildman–Crippen LogP) is 0.620. The van der Waals surface area contributed by atoms with E-state index in [1.807, 2.05) is 6.92 Å². The summed E-state index contributed by atoms with van der Waals surface area (Å²) in [6.07, 6.45) is 1.91. The molecule has 5 nitrogen and oxygen atoms in total. The Hall–Kier alpha value is -0.810. The SMILES string of the molecule is CC1(CNC(=O)NC(=O)CCl)CCCO1. The van der Waals surface area contributed by atoms with Gasteiger partial charge in [0.15, 0.2) is 0 Å². The molecule has 0 radical (unpaired) electrons. The maximum Gasteiger partial charge on any atom is 0.321 e. The maximum atomic E-state index is 11.2. The molecule has 1 aliphatic heterocycles. The summed E-state index contributed by atoms with van der Waals surface area (Å²) >= 11 is 5.23. The Kier molecular flexibility index (Phi) is 4.35. The van der Waals surface area contributed by atoms with Gasteiger partial charge in [-0.15, -0.1) is 11.6 Å². The molecule has 1 unspecified atom stereocenters. The van der Waals surface area contributed by atoms with Crippen molar-refractivity contribution in [2.24, 2.45) is 0 Å². The summed E-state index contributed by atoms with van der Waals surface area (Å²) in [5.74, 6) is -0.729. The van der Waals surface area contributed by atoms with E-state index in [-0.39, 0.29) is 11.5 Å². The summed E-state index contributed by atoms with van der Waals surface area (Å²) in [6.45, 7) is 3.05. The van der Waals surface area contributed by atoms with E-state index < -0.39 is 11.9 Å². The van der Waals surface area contributed by atoms with Crippen molar-refractivity contribution >= 4 is 23.5 Å². The molecular weight excluding hydrogens is 220 g/mol. The molecule has 1 rings (SSSR count). The molecule has 0 saturated carbocycles. The molecule has 1 fully saturated rings. The van der Waals surface area contributed by atoms with E-state index in [0.717, 1.165) is 19.4 Å². The quantitative estimate of drug-likeness (QED) is 0.704. The van der Waals surface area contributed by atoms with Crippen LogP contribution in [0.5, 0.6) is 0 Å². The zero-order valence-electron chi connectivity index (χ0n) is 8.64. The van der Waals surface area contributed by atoms with Crippen molar-refractivity contribution in [3.63, 3.8) is 0 Å². The average Bonchev–Trinajstić information content (AvgIpc) is 2.63. The van der Waals surface area contributed by atoms with Gasteiger partial charge in [0.25, 0.3) is 0 Å². The summed E-state index contributed by atoms with van der Waals surface area (Å²) in [6, 6.07) is -0.530. The second kappa shape index (κ2) is 5.32. The molecule has 6 heteroatoms. The normalized spacial score (nSPS) is 24.9. The zero-order valence-corrected chi connectivity index (χ0v) is 9.39. The number of nitrogens with one attached hydrogen (secondary N) is 2. The first-order valence-corrected chi connectivity index (χ1v) is 5.37. The third-order valence-corrected chi connectivity index (χ3v) is 2.54. The van der Waals surface area contributed by atoms with Gasteiger partial charge >= 0.3 is 6.03 Å². The predicted molar refractivity (Wildman–Crippen MR) is 55.9 cm³/mol. The fraction of sp³-hybridized carbons (Fsp3) is 0.778. The highest BCUT2D eigenvalue weighted by Gasteiger charge is 2.30. The molecule has 1 aliphatic rings. The largest absolute Gasteiger partial charge is 0.373 e. The van der Waals surface area contributed by atoms with Gasteiger partial charge in [-0.05, 0) is 19.8 Å². The first-order valence-electron chi connectivity index (χ1n) is 4.83. The number of rotatable bonds is 3. The first-order chi connectivity index (χ1) is 7.06. The lowest BCUT2D eigenvalue weighted by Gasteiger charge is -2.23. The van der Waals surface area contributed by atoms with E-state index in [1.54, 1.807) is 0 Å². The minimum atomic E-state index is -0.530. The monoisotopic (exact) mass is 234 g/mol. The number of hydrogen-bond acceptors (Lipinski definition) is 3. The van der Waals surface area contributed by atoms with Crippen LogP contribution >= 0.6 is 11.6 Å². The van der Waals surface area contributed by atoms with E-state index >= 15 is 0 Å². The molecule has 1 saturated heterocycles. The van der Waals surface area contributed by atoms with Crippen LogP contribution in [-0.4, -0.2) is 36.6 Å². The van der Waals surface area contributed by atoms with Gasteiger partial charge in [-0.1, -0.05) is 0 Å². The van der Waals surface area contributed by atoms with E-state index in [1.165, 1.54) is 0 Å².